The lowest BCUT2D eigenvalue weighted by Crippen LogP contribution is -2.31. The predicted octanol–water partition coefficient (Wildman–Crippen LogP) is 1.27. The fraction of sp³-hybridized carbons (Fsp3) is 0.467. The van der Waals surface area contributed by atoms with Crippen LogP contribution in [0.4, 0.5) is 0 Å². The first-order valence-corrected chi connectivity index (χ1v) is 8.90. The summed E-state index contributed by atoms with van der Waals surface area (Å²) < 4.78 is 34.3. The smallest absolute Gasteiger partial charge is 0.262 e. The monoisotopic (exact) mass is 336 g/mol. The molecule has 8 heteroatoms. The van der Waals surface area contributed by atoms with Crippen molar-refractivity contribution in [3.05, 3.63) is 36.0 Å². The third kappa shape index (κ3) is 3.09. The van der Waals surface area contributed by atoms with Gasteiger partial charge >= 0.3 is 0 Å². The minimum Gasteiger partial charge on any atom is -0.487 e. The highest BCUT2D eigenvalue weighted by atomic mass is 32.2. The molecule has 7 nitrogen and oxygen atoms in total. The molecule has 0 N–H and O–H groups in total. The third-order valence-corrected chi connectivity index (χ3v) is 5.79. The van der Waals surface area contributed by atoms with Gasteiger partial charge in [-0.05, 0) is 32.4 Å². The topological polar surface area (TPSA) is 77.3 Å². The maximum atomic E-state index is 12.6. The Morgan fingerprint density at radius 3 is 2.78 bits per heavy atom. The molecule has 3 heterocycles. The zero-order valence-electron chi connectivity index (χ0n) is 13.4. The van der Waals surface area contributed by atoms with Gasteiger partial charge in [-0.15, -0.1) is 0 Å². The summed E-state index contributed by atoms with van der Waals surface area (Å²) in [4.78, 5) is 8.31. The van der Waals surface area contributed by atoms with Gasteiger partial charge in [0.15, 0.2) is 5.03 Å². The number of rotatable bonds is 4. The van der Waals surface area contributed by atoms with E-state index in [1.807, 2.05) is 19.1 Å². The van der Waals surface area contributed by atoms with E-state index >= 15 is 0 Å². The van der Waals surface area contributed by atoms with Gasteiger partial charge in [0.25, 0.3) is 10.0 Å². The average Bonchev–Trinajstić information content (AvgIpc) is 3.10. The van der Waals surface area contributed by atoms with Gasteiger partial charge in [-0.2, -0.15) is 4.31 Å². The lowest BCUT2D eigenvalue weighted by Gasteiger charge is -2.16. The van der Waals surface area contributed by atoms with Crippen molar-refractivity contribution >= 4 is 10.0 Å². The molecule has 124 valence electrons. The summed E-state index contributed by atoms with van der Waals surface area (Å²) in [5, 5.41) is 0.0932. The third-order valence-electron chi connectivity index (χ3n) is 4.05. The zero-order valence-corrected chi connectivity index (χ0v) is 14.2. The van der Waals surface area contributed by atoms with E-state index in [9.17, 15) is 8.42 Å². The molecule has 1 fully saturated rings. The van der Waals surface area contributed by atoms with Gasteiger partial charge in [0.2, 0.25) is 0 Å². The number of aryl methyl sites for hydroxylation is 3. The second-order valence-electron chi connectivity index (χ2n) is 5.72. The SMILES string of the molecule is Cc1ncccc1OC1CCN(S(=O)(=O)c2cn(C)c(C)n2)C1. The number of sulfonamides is 1. The van der Waals surface area contributed by atoms with E-state index in [2.05, 4.69) is 9.97 Å². The van der Waals surface area contributed by atoms with E-state index in [0.29, 0.717) is 31.1 Å². The summed E-state index contributed by atoms with van der Waals surface area (Å²) >= 11 is 0. The molecule has 0 amide bonds. The Morgan fingerprint density at radius 2 is 2.13 bits per heavy atom. The van der Waals surface area contributed by atoms with Crippen molar-refractivity contribution in [1.82, 2.24) is 18.8 Å². The van der Waals surface area contributed by atoms with E-state index in [1.165, 1.54) is 4.31 Å². The summed E-state index contributed by atoms with van der Waals surface area (Å²) in [5.74, 6) is 1.37. The lowest BCUT2D eigenvalue weighted by molar-refractivity contribution is 0.213. The Labute approximate surface area is 136 Å². The summed E-state index contributed by atoms with van der Waals surface area (Å²) in [7, 11) is -1.79. The van der Waals surface area contributed by atoms with Crippen molar-refractivity contribution in [2.45, 2.75) is 31.4 Å². The molecule has 2 aromatic rings. The van der Waals surface area contributed by atoms with Crippen LogP contribution in [0.15, 0.2) is 29.6 Å². The molecule has 1 aliphatic heterocycles. The quantitative estimate of drug-likeness (QED) is 0.840. The molecule has 0 radical (unpaired) electrons. The first kappa shape index (κ1) is 15.9. The number of imidazole rings is 1. The van der Waals surface area contributed by atoms with Crippen LogP contribution in [0.3, 0.4) is 0 Å². The highest BCUT2D eigenvalue weighted by Gasteiger charge is 2.35. The van der Waals surface area contributed by atoms with Crippen LogP contribution < -0.4 is 4.74 Å². The Balaban J connectivity index is 1.73. The largest absolute Gasteiger partial charge is 0.487 e. The predicted molar refractivity (Wildman–Crippen MR) is 84.7 cm³/mol. The first-order chi connectivity index (χ1) is 10.9. The number of hydrogen-bond acceptors (Lipinski definition) is 5. The van der Waals surface area contributed by atoms with E-state index in [0.717, 1.165) is 5.69 Å². The average molecular weight is 336 g/mol. The Hall–Kier alpha value is -1.93. The normalized spacial score (nSPS) is 19.2. The van der Waals surface area contributed by atoms with Crippen LogP contribution in [-0.2, 0) is 17.1 Å². The van der Waals surface area contributed by atoms with Gasteiger partial charge in [0.1, 0.15) is 17.7 Å². The molecular formula is C15H20N4O3S. The minimum atomic E-state index is -3.57. The fourth-order valence-electron chi connectivity index (χ4n) is 2.57. The van der Waals surface area contributed by atoms with Crippen molar-refractivity contribution in [1.29, 1.82) is 0 Å². The second kappa shape index (κ2) is 5.93. The van der Waals surface area contributed by atoms with Gasteiger partial charge in [-0.3, -0.25) is 4.98 Å². The standard InChI is InChI=1S/C15H20N4O3S/c1-11-14(5-4-7-16-11)22-13-6-8-19(9-13)23(20,21)15-10-18(3)12(2)17-15/h4-5,7,10,13H,6,8-9H2,1-3H3. The van der Waals surface area contributed by atoms with Gasteiger partial charge in [0.05, 0.1) is 12.2 Å². The molecule has 1 saturated heterocycles. The molecular weight excluding hydrogens is 316 g/mol. The maximum Gasteiger partial charge on any atom is 0.262 e. The fourth-order valence-corrected chi connectivity index (χ4v) is 4.08. The van der Waals surface area contributed by atoms with Gasteiger partial charge in [0, 0.05) is 26.0 Å². The van der Waals surface area contributed by atoms with Crippen molar-refractivity contribution in [2.75, 3.05) is 13.1 Å². The van der Waals surface area contributed by atoms with Crippen LogP contribution in [-0.4, -0.2) is 46.5 Å². The molecule has 1 atom stereocenters. The first-order valence-electron chi connectivity index (χ1n) is 7.46. The van der Waals surface area contributed by atoms with Crippen molar-refractivity contribution in [2.24, 2.45) is 7.05 Å². The number of pyridine rings is 1. The Kier molecular flexibility index (Phi) is 4.11. The molecule has 2 aromatic heterocycles. The molecule has 0 aromatic carbocycles. The van der Waals surface area contributed by atoms with Gasteiger partial charge in [-0.1, -0.05) is 0 Å². The van der Waals surface area contributed by atoms with E-state index in [4.69, 9.17) is 4.74 Å². The van der Waals surface area contributed by atoms with Crippen LogP contribution >= 0.6 is 0 Å². The Bertz CT molecular complexity index is 796. The van der Waals surface area contributed by atoms with Crippen molar-refractivity contribution < 1.29 is 13.2 Å². The van der Waals surface area contributed by atoms with Crippen molar-refractivity contribution in [3.8, 4) is 5.75 Å². The molecule has 3 rings (SSSR count). The highest BCUT2D eigenvalue weighted by molar-refractivity contribution is 7.89. The maximum absolute atomic E-state index is 12.6. The van der Waals surface area contributed by atoms with Crippen molar-refractivity contribution in [3.63, 3.8) is 0 Å². The number of nitrogens with zero attached hydrogens (tertiary/aromatic N) is 4. The van der Waals surface area contributed by atoms with Crippen LogP contribution in [0.25, 0.3) is 0 Å². The van der Waals surface area contributed by atoms with Gasteiger partial charge in [-0.25, -0.2) is 13.4 Å². The summed E-state index contributed by atoms with van der Waals surface area (Å²) in [6.45, 7) is 4.41. The van der Waals surface area contributed by atoms with Crippen LogP contribution in [0.1, 0.15) is 17.9 Å². The molecule has 0 spiro atoms. The molecule has 0 aliphatic carbocycles. The molecule has 0 saturated carbocycles. The number of ether oxygens (including phenoxy) is 1. The highest BCUT2D eigenvalue weighted by Crippen LogP contribution is 2.24. The van der Waals surface area contributed by atoms with Crippen LogP contribution in [0.2, 0.25) is 0 Å². The van der Waals surface area contributed by atoms with E-state index in [-0.39, 0.29) is 11.1 Å². The molecule has 1 unspecified atom stereocenters. The van der Waals surface area contributed by atoms with Gasteiger partial charge < -0.3 is 9.30 Å². The number of hydrogen-bond donors (Lipinski definition) is 0. The molecule has 0 bridgehead atoms. The lowest BCUT2D eigenvalue weighted by atomic mass is 10.3. The van der Waals surface area contributed by atoms with E-state index in [1.54, 1.807) is 30.9 Å². The molecule has 23 heavy (non-hydrogen) atoms. The molecule has 1 aliphatic rings. The Morgan fingerprint density at radius 1 is 1.35 bits per heavy atom. The number of aromatic nitrogens is 3. The minimum absolute atomic E-state index is 0.0932. The zero-order chi connectivity index (χ0) is 16.6. The summed E-state index contributed by atoms with van der Waals surface area (Å²) in [5.41, 5.74) is 0.800. The summed E-state index contributed by atoms with van der Waals surface area (Å²) in [6.07, 6.45) is 3.73. The second-order valence-corrected chi connectivity index (χ2v) is 7.60. The van der Waals surface area contributed by atoms with Crippen LogP contribution in [0.5, 0.6) is 5.75 Å². The van der Waals surface area contributed by atoms with Crippen LogP contribution in [0, 0.1) is 13.8 Å². The summed E-state index contributed by atoms with van der Waals surface area (Å²) in [6, 6.07) is 3.66. The van der Waals surface area contributed by atoms with E-state index < -0.39 is 10.0 Å².